The van der Waals surface area contributed by atoms with Gasteiger partial charge in [-0.3, -0.25) is 14.6 Å². The molecular weight excluding hydrogens is 435 g/mol. The first-order chi connectivity index (χ1) is 15.8. The van der Waals surface area contributed by atoms with Crippen LogP contribution in [0.2, 0.25) is 0 Å². The number of hydrogen-bond donors (Lipinski definition) is 7. The molecule has 4 aliphatic rings. The van der Waals surface area contributed by atoms with Crippen LogP contribution in [0.1, 0.15) is 45.4 Å². The predicted octanol–water partition coefficient (Wildman–Crippen LogP) is -0.740. The van der Waals surface area contributed by atoms with Crippen LogP contribution in [-0.2, 0) is 4.74 Å². The van der Waals surface area contributed by atoms with E-state index in [0.29, 0.717) is 12.8 Å². The Labute approximate surface area is 194 Å². The van der Waals surface area contributed by atoms with E-state index in [4.69, 9.17) is 4.74 Å². The summed E-state index contributed by atoms with van der Waals surface area (Å²) in [6, 6.07) is -1.04. The summed E-state index contributed by atoms with van der Waals surface area (Å²) in [5, 5.41) is 47.7. The lowest BCUT2D eigenvalue weighted by Gasteiger charge is -2.38. The van der Waals surface area contributed by atoms with Crippen LogP contribution in [0, 0.1) is 11.8 Å². The standard InChI is InChI=1S/C13H24N2O3.C9H17FN2O3/c1-2-4-8-7-9-10(12(17)11(8)16)14-13(18-9)15-5-3-6-15;1-11-9(15)12-6-3-2-5(4-10)7(13)8(6)14/h8-14,16-17H,2-7H2,1H3;5-8,13-14H,2-4H2,1H3,(H2,11,12,15)/t8?,9-,10-,11+,12?,13?;5?,6-,7+,8?/m00/s1. The number of urea groups is 1. The highest BCUT2D eigenvalue weighted by atomic mass is 19.1. The molecule has 4 rings (SSSR count). The van der Waals surface area contributed by atoms with E-state index >= 15 is 0 Å². The quantitative estimate of drug-likeness (QED) is 0.275. The minimum atomic E-state index is -1.11. The van der Waals surface area contributed by atoms with Gasteiger partial charge < -0.3 is 35.8 Å². The Kier molecular flexibility index (Phi) is 9.69. The van der Waals surface area contributed by atoms with Crippen LogP contribution >= 0.6 is 0 Å². The van der Waals surface area contributed by atoms with Crippen molar-refractivity contribution in [1.29, 1.82) is 0 Å². The first-order valence-corrected chi connectivity index (χ1v) is 12.2. The summed E-state index contributed by atoms with van der Waals surface area (Å²) in [6.45, 7) is 3.59. The van der Waals surface area contributed by atoms with Crippen molar-refractivity contribution < 1.29 is 34.3 Å². The molecule has 0 aromatic rings. The molecule has 7 N–H and O–H groups in total. The zero-order valence-corrected chi connectivity index (χ0v) is 19.6. The Morgan fingerprint density at radius 3 is 2.36 bits per heavy atom. The second-order valence-corrected chi connectivity index (χ2v) is 9.68. The largest absolute Gasteiger partial charge is 0.390 e. The van der Waals surface area contributed by atoms with Crippen molar-refractivity contribution in [3.63, 3.8) is 0 Å². The third kappa shape index (κ3) is 6.14. The van der Waals surface area contributed by atoms with Gasteiger partial charge in [0.1, 0.15) is 6.10 Å². The van der Waals surface area contributed by atoms with Crippen molar-refractivity contribution in [2.45, 2.75) is 94.4 Å². The van der Waals surface area contributed by atoms with Crippen molar-refractivity contribution in [2.75, 3.05) is 26.8 Å². The number of aliphatic hydroxyl groups is 4. The van der Waals surface area contributed by atoms with Crippen LogP contribution in [-0.4, -0.2) is 107 Å². The lowest BCUT2D eigenvalue weighted by molar-refractivity contribution is -0.119. The molecule has 10 atom stereocenters. The zero-order valence-electron chi connectivity index (χ0n) is 19.6. The highest BCUT2D eigenvalue weighted by Crippen LogP contribution is 2.35. The summed E-state index contributed by atoms with van der Waals surface area (Å²) < 4.78 is 18.4. The third-order valence-corrected chi connectivity index (χ3v) is 7.49. The number of nitrogens with zero attached hydrogens (tertiary/aromatic N) is 1. The van der Waals surface area contributed by atoms with Gasteiger partial charge in [0.2, 0.25) is 0 Å². The maximum atomic E-state index is 12.4. The van der Waals surface area contributed by atoms with Crippen LogP contribution in [0.3, 0.4) is 0 Å². The van der Waals surface area contributed by atoms with Crippen molar-refractivity contribution in [1.82, 2.24) is 20.9 Å². The molecule has 10 nitrogen and oxygen atoms in total. The maximum Gasteiger partial charge on any atom is 0.314 e. The first-order valence-electron chi connectivity index (χ1n) is 12.2. The van der Waals surface area contributed by atoms with Crippen LogP contribution < -0.4 is 16.0 Å². The molecule has 5 unspecified atom stereocenters. The van der Waals surface area contributed by atoms with E-state index in [0.717, 1.165) is 32.4 Å². The van der Waals surface area contributed by atoms with Crippen LogP contribution in [0.5, 0.6) is 0 Å². The number of likely N-dealkylation sites (tertiary alicyclic amines) is 1. The molecule has 4 fully saturated rings. The summed E-state index contributed by atoms with van der Waals surface area (Å²) in [4.78, 5) is 13.2. The smallest absolute Gasteiger partial charge is 0.314 e. The van der Waals surface area contributed by atoms with Crippen LogP contribution in [0.15, 0.2) is 0 Å². The Morgan fingerprint density at radius 1 is 1.09 bits per heavy atom. The van der Waals surface area contributed by atoms with Gasteiger partial charge in [-0.05, 0) is 38.0 Å². The lowest BCUT2D eigenvalue weighted by Crippen LogP contribution is -2.58. The number of ether oxygens (including phenoxy) is 1. The van der Waals surface area contributed by atoms with Crippen molar-refractivity contribution >= 4 is 6.03 Å². The number of rotatable bonds is 5. The molecule has 2 aliphatic heterocycles. The van der Waals surface area contributed by atoms with Gasteiger partial charge in [0.05, 0.1) is 43.2 Å². The number of amides is 2. The number of nitrogens with one attached hydrogen (secondary N) is 3. The van der Waals surface area contributed by atoms with Gasteiger partial charge in [-0.25, -0.2) is 4.79 Å². The number of halogens is 1. The average molecular weight is 477 g/mol. The Hall–Kier alpha value is -1.08. The fraction of sp³-hybridized carbons (Fsp3) is 0.955. The number of aliphatic hydroxyl groups excluding tert-OH is 4. The molecule has 0 aromatic carbocycles. The van der Waals surface area contributed by atoms with E-state index in [-0.39, 0.29) is 24.4 Å². The van der Waals surface area contributed by atoms with E-state index in [1.165, 1.54) is 13.5 Å². The fourth-order valence-electron chi connectivity index (χ4n) is 5.26. The summed E-state index contributed by atoms with van der Waals surface area (Å²) in [5.41, 5.74) is 0. The topological polar surface area (TPSA) is 147 Å². The van der Waals surface area contributed by atoms with E-state index in [2.05, 4.69) is 27.8 Å². The number of fused-ring (bicyclic) bond motifs is 1. The van der Waals surface area contributed by atoms with Crippen LogP contribution in [0.25, 0.3) is 0 Å². The van der Waals surface area contributed by atoms with Gasteiger partial charge in [-0.15, -0.1) is 0 Å². The highest BCUT2D eigenvalue weighted by Gasteiger charge is 2.50. The maximum absolute atomic E-state index is 12.4. The van der Waals surface area contributed by atoms with Crippen molar-refractivity contribution in [3.8, 4) is 0 Å². The SMILES string of the molecule is CCCC1C[C@@H]2OC(N3CCC3)N[C@@H]2C(O)[C@@H]1O.CNC(=O)N[C@H]1CCC(CF)[C@@H](O)C1O. The molecule has 11 heteroatoms. The minimum Gasteiger partial charge on any atom is -0.390 e. The molecule has 0 bridgehead atoms. The van der Waals surface area contributed by atoms with Gasteiger partial charge in [0.15, 0.2) is 6.35 Å². The van der Waals surface area contributed by atoms with E-state index in [1.54, 1.807) is 0 Å². The third-order valence-electron chi connectivity index (χ3n) is 7.49. The average Bonchev–Trinajstić information content (AvgIpc) is 3.18. The Balaban J connectivity index is 0.000000190. The Bertz CT molecular complexity index is 630. The number of carbonyl (C=O) groups is 1. The van der Waals surface area contributed by atoms with Crippen LogP contribution in [0.4, 0.5) is 9.18 Å². The summed E-state index contributed by atoms with van der Waals surface area (Å²) in [5.74, 6) is -0.356. The lowest BCUT2D eigenvalue weighted by atomic mass is 9.78. The molecule has 0 spiro atoms. The first kappa shape index (κ1) is 26.5. The van der Waals surface area contributed by atoms with Crippen molar-refractivity contribution in [2.24, 2.45) is 11.8 Å². The van der Waals surface area contributed by atoms with Gasteiger partial charge in [-0.2, -0.15) is 0 Å². The van der Waals surface area contributed by atoms with Gasteiger partial charge in [0, 0.05) is 26.1 Å². The molecule has 0 aromatic heterocycles. The van der Waals surface area contributed by atoms with E-state index < -0.39 is 49.1 Å². The summed E-state index contributed by atoms with van der Waals surface area (Å²) >= 11 is 0. The molecule has 2 saturated heterocycles. The zero-order chi connectivity index (χ0) is 24.1. The molecular formula is C22H41FN4O6. The number of alkyl halides is 1. The van der Waals surface area contributed by atoms with E-state index in [9.17, 15) is 29.6 Å². The molecule has 0 radical (unpaired) electrons. The minimum absolute atomic E-state index is 0.0468. The molecule has 33 heavy (non-hydrogen) atoms. The highest BCUT2D eigenvalue weighted by molar-refractivity contribution is 5.73. The monoisotopic (exact) mass is 476 g/mol. The molecule has 2 amide bonds. The van der Waals surface area contributed by atoms with Gasteiger partial charge in [-0.1, -0.05) is 13.3 Å². The molecule has 2 aliphatic carbocycles. The normalized spacial score (nSPS) is 43.0. The van der Waals surface area contributed by atoms with E-state index in [1.807, 2.05) is 0 Å². The van der Waals surface area contributed by atoms with Gasteiger partial charge in [0.25, 0.3) is 0 Å². The second-order valence-electron chi connectivity index (χ2n) is 9.68. The summed E-state index contributed by atoms with van der Waals surface area (Å²) in [7, 11) is 1.46. The number of carbonyl (C=O) groups excluding carboxylic acids is 1. The Morgan fingerprint density at radius 2 is 1.79 bits per heavy atom. The van der Waals surface area contributed by atoms with Crippen molar-refractivity contribution in [3.05, 3.63) is 0 Å². The molecule has 192 valence electrons. The summed E-state index contributed by atoms with van der Waals surface area (Å²) in [6.07, 6.45) is 1.47. The molecule has 2 saturated carbocycles. The predicted molar refractivity (Wildman–Crippen MR) is 119 cm³/mol. The van der Waals surface area contributed by atoms with Gasteiger partial charge >= 0.3 is 6.03 Å². The fourth-order valence-corrected chi connectivity index (χ4v) is 5.26. The molecule has 2 heterocycles. The second kappa shape index (κ2) is 12.1. The number of hydrogen-bond acceptors (Lipinski definition) is 8.